The molecule has 0 aliphatic carbocycles. The van der Waals surface area contributed by atoms with Crippen LogP contribution in [-0.4, -0.2) is 23.2 Å². The molecule has 2 amide bonds. The Morgan fingerprint density at radius 2 is 1.85 bits per heavy atom. The van der Waals surface area contributed by atoms with Crippen molar-refractivity contribution in [1.82, 2.24) is 4.90 Å². The van der Waals surface area contributed by atoms with Gasteiger partial charge in [0, 0.05) is 9.50 Å². The Hall–Kier alpha value is -2.01. The third-order valence-electron chi connectivity index (χ3n) is 5.01. The molecule has 0 bridgehead atoms. The average molecular weight is 671 g/mol. The second kappa shape index (κ2) is 11.2. The molecular formula is C25H18BrClINO4S. The van der Waals surface area contributed by atoms with E-state index < -0.39 is 0 Å². The van der Waals surface area contributed by atoms with Crippen molar-refractivity contribution in [3.05, 3.63) is 95.3 Å². The molecule has 1 heterocycles. The number of halogens is 3. The van der Waals surface area contributed by atoms with E-state index in [0.29, 0.717) is 28.0 Å². The Morgan fingerprint density at radius 1 is 1.12 bits per heavy atom. The summed E-state index contributed by atoms with van der Waals surface area (Å²) in [5.74, 6) is 0.833. The molecule has 0 N–H and O–H groups in total. The number of nitrogens with zero attached hydrogens (tertiary/aromatic N) is 1. The van der Waals surface area contributed by atoms with Crippen LogP contribution >= 0.6 is 61.9 Å². The van der Waals surface area contributed by atoms with Crippen LogP contribution in [0.3, 0.4) is 0 Å². The van der Waals surface area contributed by atoms with Crippen molar-refractivity contribution in [1.29, 1.82) is 0 Å². The minimum absolute atomic E-state index is 0.210. The van der Waals surface area contributed by atoms with E-state index in [4.69, 9.17) is 21.1 Å². The Morgan fingerprint density at radius 3 is 2.56 bits per heavy atom. The first kappa shape index (κ1) is 25.1. The van der Waals surface area contributed by atoms with Gasteiger partial charge in [-0.2, -0.15) is 0 Å². The number of amides is 2. The highest BCUT2D eigenvalue weighted by Gasteiger charge is 2.35. The predicted molar refractivity (Wildman–Crippen MR) is 147 cm³/mol. The molecule has 1 saturated heterocycles. The summed E-state index contributed by atoms with van der Waals surface area (Å²) in [6.07, 6.45) is 1.71. The molecule has 0 aromatic heterocycles. The number of thioether (sulfide) groups is 1. The lowest BCUT2D eigenvalue weighted by molar-refractivity contribution is -0.123. The molecule has 0 unspecified atom stereocenters. The number of hydrogen-bond acceptors (Lipinski definition) is 5. The smallest absolute Gasteiger partial charge is 0.293 e. The van der Waals surface area contributed by atoms with Crippen molar-refractivity contribution >= 4 is 79.1 Å². The van der Waals surface area contributed by atoms with E-state index in [9.17, 15) is 9.59 Å². The van der Waals surface area contributed by atoms with Crippen LogP contribution in [0.25, 0.3) is 6.08 Å². The third kappa shape index (κ3) is 5.79. The van der Waals surface area contributed by atoms with Gasteiger partial charge in [-0.3, -0.25) is 14.5 Å². The lowest BCUT2D eigenvalue weighted by Crippen LogP contribution is -2.27. The van der Waals surface area contributed by atoms with Gasteiger partial charge in [-0.25, -0.2) is 0 Å². The van der Waals surface area contributed by atoms with Crippen LogP contribution in [0, 0.1) is 3.57 Å². The first-order valence-corrected chi connectivity index (χ1v) is 13.2. The number of imide groups is 1. The fraction of sp³-hybridized carbons (Fsp3) is 0.120. The number of hydrogen-bond donors (Lipinski definition) is 0. The maximum absolute atomic E-state index is 13.0. The average Bonchev–Trinajstić information content (AvgIpc) is 3.07. The Bertz CT molecular complexity index is 1280. The molecular weight excluding hydrogens is 653 g/mol. The topological polar surface area (TPSA) is 55.8 Å². The highest BCUT2D eigenvalue weighted by molar-refractivity contribution is 14.1. The van der Waals surface area contributed by atoms with Crippen molar-refractivity contribution < 1.29 is 19.1 Å². The number of ether oxygens (including phenoxy) is 2. The minimum atomic E-state index is -0.317. The quantitative estimate of drug-likeness (QED) is 0.192. The van der Waals surface area contributed by atoms with Crippen LogP contribution in [0.1, 0.15) is 16.7 Å². The van der Waals surface area contributed by atoms with Gasteiger partial charge in [-0.15, -0.1) is 0 Å². The van der Waals surface area contributed by atoms with Gasteiger partial charge in [0.05, 0.1) is 22.1 Å². The van der Waals surface area contributed by atoms with Crippen molar-refractivity contribution in [2.75, 3.05) is 7.11 Å². The zero-order valence-electron chi connectivity index (χ0n) is 17.9. The normalized spacial score (nSPS) is 14.7. The van der Waals surface area contributed by atoms with Crippen LogP contribution < -0.4 is 9.47 Å². The Kier molecular flexibility index (Phi) is 8.23. The van der Waals surface area contributed by atoms with Crippen molar-refractivity contribution in [3.63, 3.8) is 0 Å². The number of rotatable bonds is 7. The van der Waals surface area contributed by atoms with Gasteiger partial charge in [-0.05, 0) is 87.5 Å². The Labute approximate surface area is 228 Å². The summed E-state index contributed by atoms with van der Waals surface area (Å²) in [5.41, 5.74) is 2.58. The second-order valence-electron chi connectivity index (χ2n) is 7.31. The van der Waals surface area contributed by atoms with Crippen LogP contribution in [0.2, 0.25) is 5.02 Å². The zero-order chi connectivity index (χ0) is 24.2. The van der Waals surface area contributed by atoms with Gasteiger partial charge in [0.1, 0.15) is 6.61 Å². The van der Waals surface area contributed by atoms with E-state index in [1.165, 1.54) is 4.90 Å². The number of carbonyl (C=O) groups excluding carboxylic acids is 2. The van der Waals surface area contributed by atoms with E-state index in [2.05, 4.69) is 38.5 Å². The SMILES string of the molecule is COc1cc(/C=C2/SC(=O)N(Cc3ccccc3Br)C2=O)cc(I)c1OCc1ccc(Cl)cc1. The lowest BCUT2D eigenvalue weighted by Gasteiger charge is -2.14. The molecule has 9 heteroatoms. The van der Waals surface area contributed by atoms with E-state index >= 15 is 0 Å². The summed E-state index contributed by atoms with van der Waals surface area (Å²) >= 11 is 12.5. The van der Waals surface area contributed by atoms with Crippen LogP contribution in [0.15, 0.2) is 70.0 Å². The van der Waals surface area contributed by atoms with Gasteiger partial charge in [0.25, 0.3) is 11.1 Å². The monoisotopic (exact) mass is 669 g/mol. The molecule has 1 aliphatic rings. The highest BCUT2D eigenvalue weighted by Crippen LogP contribution is 2.38. The minimum Gasteiger partial charge on any atom is -0.493 e. The molecule has 5 nitrogen and oxygen atoms in total. The molecule has 3 aromatic rings. The van der Waals surface area contributed by atoms with E-state index in [0.717, 1.165) is 36.5 Å². The van der Waals surface area contributed by atoms with E-state index in [1.54, 1.807) is 19.3 Å². The summed E-state index contributed by atoms with van der Waals surface area (Å²) in [5, 5.41) is 0.373. The van der Waals surface area contributed by atoms with Gasteiger partial charge < -0.3 is 9.47 Å². The first-order valence-electron chi connectivity index (χ1n) is 10.1. The maximum Gasteiger partial charge on any atom is 0.293 e. The van der Waals surface area contributed by atoms with E-state index in [-0.39, 0.29) is 17.7 Å². The lowest BCUT2D eigenvalue weighted by atomic mass is 10.1. The zero-order valence-corrected chi connectivity index (χ0v) is 23.2. The van der Waals surface area contributed by atoms with Crippen molar-refractivity contribution in [3.8, 4) is 11.5 Å². The fourth-order valence-corrected chi connectivity index (χ4v) is 5.44. The molecule has 0 atom stereocenters. The Balaban J connectivity index is 1.53. The molecule has 174 valence electrons. The molecule has 1 fully saturated rings. The van der Waals surface area contributed by atoms with Crippen LogP contribution in [-0.2, 0) is 17.9 Å². The second-order valence-corrected chi connectivity index (χ2v) is 10.8. The summed E-state index contributed by atoms with van der Waals surface area (Å²) in [6, 6.07) is 18.6. The van der Waals surface area contributed by atoms with Gasteiger partial charge >= 0.3 is 0 Å². The van der Waals surface area contributed by atoms with Gasteiger partial charge in [0.2, 0.25) is 0 Å². The third-order valence-corrected chi connectivity index (χ3v) is 7.74. The number of methoxy groups -OCH3 is 1. The summed E-state index contributed by atoms with van der Waals surface area (Å²) < 4.78 is 13.2. The molecule has 34 heavy (non-hydrogen) atoms. The molecule has 1 aliphatic heterocycles. The maximum atomic E-state index is 13.0. The van der Waals surface area contributed by atoms with Gasteiger partial charge in [0.15, 0.2) is 11.5 Å². The number of carbonyl (C=O) groups is 2. The highest BCUT2D eigenvalue weighted by atomic mass is 127. The van der Waals surface area contributed by atoms with E-state index in [1.807, 2.05) is 54.6 Å². The largest absolute Gasteiger partial charge is 0.493 e. The van der Waals surface area contributed by atoms with Crippen LogP contribution in [0.4, 0.5) is 4.79 Å². The van der Waals surface area contributed by atoms with Crippen molar-refractivity contribution in [2.45, 2.75) is 13.2 Å². The predicted octanol–water partition coefficient (Wildman–Crippen LogP) is 7.53. The van der Waals surface area contributed by atoms with Crippen molar-refractivity contribution in [2.24, 2.45) is 0 Å². The molecule has 4 rings (SSSR count). The van der Waals surface area contributed by atoms with Crippen LogP contribution in [0.5, 0.6) is 11.5 Å². The number of benzene rings is 3. The first-order chi connectivity index (χ1) is 16.4. The molecule has 0 radical (unpaired) electrons. The fourth-order valence-electron chi connectivity index (χ4n) is 3.28. The molecule has 0 saturated carbocycles. The molecule has 0 spiro atoms. The van der Waals surface area contributed by atoms with Gasteiger partial charge in [-0.1, -0.05) is 57.9 Å². The standard InChI is InChI=1S/C25H18BrClINO4S/c1-32-21-11-16(10-20(28)23(21)33-14-15-6-8-18(27)9-7-15)12-22-24(30)29(25(31)34-22)13-17-4-2-3-5-19(17)26/h2-12H,13-14H2,1H3/b22-12+. The summed E-state index contributed by atoms with van der Waals surface area (Å²) in [7, 11) is 1.57. The summed E-state index contributed by atoms with van der Waals surface area (Å²) in [4.78, 5) is 27.1. The summed E-state index contributed by atoms with van der Waals surface area (Å²) in [6.45, 7) is 0.568. The molecule has 3 aromatic carbocycles.